The second-order valence-electron chi connectivity index (χ2n) is 8.84. The molecule has 6 atom stereocenters. The number of allylic oxidation sites excluding steroid dienone is 3. The van der Waals surface area contributed by atoms with Gasteiger partial charge < -0.3 is 10.2 Å². The van der Waals surface area contributed by atoms with Crippen LogP contribution in [0.25, 0.3) is 0 Å². The van der Waals surface area contributed by atoms with Crippen LogP contribution in [0.3, 0.4) is 0 Å². The zero-order chi connectivity index (χ0) is 16.9. The Kier molecular flexibility index (Phi) is 4.42. The fourth-order valence-corrected chi connectivity index (χ4v) is 7.05. The van der Waals surface area contributed by atoms with Gasteiger partial charge in [-0.05, 0) is 75.2 Å². The molecule has 0 aromatic carbocycles. The second kappa shape index (κ2) is 6.17. The van der Waals surface area contributed by atoms with E-state index in [1.54, 1.807) is 5.57 Å². The molecule has 2 nitrogen and oxygen atoms in total. The highest BCUT2D eigenvalue weighted by Gasteiger charge is 2.56. The van der Waals surface area contributed by atoms with Crippen molar-refractivity contribution in [3.63, 3.8) is 0 Å². The van der Waals surface area contributed by atoms with E-state index in [0.717, 1.165) is 32.1 Å². The summed E-state index contributed by atoms with van der Waals surface area (Å²) in [7, 11) is 0. The van der Waals surface area contributed by atoms with Crippen LogP contribution >= 0.6 is 11.8 Å². The minimum atomic E-state index is -0.235. The van der Waals surface area contributed by atoms with E-state index in [-0.39, 0.29) is 23.0 Å². The minimum absolute atomic E-state index is 0.101. The quantitative estimate of drug-likeness (QED) is 0.746. The molecular formula is C21H32O2S. The topological polar surface area (TPSA) is 40.5 Å². The maximum atomic E-state index is 10.6. The summed E-state index contributed by atoms with van der Waals surface area (Å²) in [5.41, 5.74) is 3.54. The van der Waals surface area contributed by atoms with Crippen LogP contribution in [0.1, 0.15) is 58.3 Å². The molecule has 4 rings (SSSR count). The molecule has 0 aliphatic heterocycles. The van der Waals surface area contributed by atoms with Crippen molar-refractivity contribution in [2.45, 2.75) is 70.5 Å². The highest BCUT2D eigenvalue weighted by atomic mass is 32.2. The first-order chi connectivity index (χ1) is 11.5. The lowest BCUT2D eigenvalue weighted by Crippen LogP contribution is -2.46. The first-order valence-electron chi connectivity index (χ1n) is 9.78. The highest BCUT2D eigenvalue weighted by molar-refractivity contribution is 7.98. The maximum Gasteiger partial charge on any atom is 0.0724 e. The third kappa shape index (κ3) is 2.38. The summed E-state index contributed by atoms with van der Waals surface area (Å²) in [6.45, 7) is 2.33. The first-order valence-corrected chi connectivity index (χ1v) is 11.2. The number of thioether (sulfide) groups is 1. The van der Waals surface area contributed by atoms with Gasteiger partial charge in [-0.2, -0.15) is 11.8 Å². The van der Waals surface area contributed by atoms with Gasteiger partial charge in [0.05, 0.1) is 12.2 Å². The summed E-state index contributed by atoms with van der Waals surface area (Å²) in [5, 5.41) is 20.7. The van der Waals surface area contributed by atoms with Crippen molar-refractivity contribution in [2.75, 3.05) is 12.0 Å². The summed E-state index contributed by atoms with van der Waals surface area (Å²) >= 11 is 1.95. The molecule has 24 heavy (non-hydrogen) atoms. The molecule has 4 aliphatic rings. The molecule has 3 heteroatoms. The summed E-state index contributed by atoms with van der Waals surface area (Å²) in [4.78, 5) is 0. The van der Waals surface area contributed by atoms with Gasteiger partial charge in [-0.1, -0.05) is 30.2 Å². The lowest BCUT2D eigenvalue weighted by Gasteiger charge is -2.55. The molecule has 0 bridgehead atoms. The molecule has 0 aromatic heterocycles. The third-order valence-electron chi connectivity index (χ3n) is 7.89. The fraction of sp³-hybridized carbons (Fsp3) is 0.810. The van der Waals surface area contributed by atoms with Crippen molar-refractivity contribution in [3.8, 4) is 0 Å². The van der Waals surface area contributed by atoms with Crippen molar-refractivity contribution in [2.24, 2.45) is 22.7 Å². The number of aliphatic hydroxyl groups excluding tert-OH is 2. The first kappa shape index (κ1) is 17.2. The largest absolute Gasteiger partial charge is 0.393 e. The van der Waals surface area contributed by atoms with E-state index in [0.29, 0.717) is 11.8 Å². The zero-order valence-corrected chi connectivity index (χ0v) is 15.9. The van der Waals surface area contributed by atoms with Crippen LogP contribution in [0.2, 0.25) is 0 Å². The van der Waals surface area contributed by atoms with E-state index in [1.165, 1.54) is 30.6 Å². The molecule has 2 saturated carbocycles. The van der Waals surface area contributed by atoms with Crippen molar-refractivity contribution < 1.29 is 10.2 Å². The van der Waals surface area contributed by atoms with Crippen molar-refractivity contribution in [1.29, 1.82) is 0 Å². The van der Waals surface area contributed by atoms with Crippen LogP contribution in [0.5, 0.6) is 0 Å². The number of aliphatic hydroxyl groups is 2. The molecule has 0 spiro atoms. The van der Waals surface area contributed by atoms with Crippen molar-refractivity contribution in [1.82, 2.24) is 0 Å². The van der Waals surface area contributed by atoms with E-state index in [2.05, 4.69) is 25.3 Å². The Bertz CT molecular complexity index is 568. The summed E-state index contributed by atoms with van der Waals surface area (Å²) < 4.78 is 0. The van der Waals surface area contributed by atoms with Crippen LogP contribution < -0.4 is 0 Å². The highest BCUT2D eigenvalue weighted by Crippen LogP contribution is 2.64. The molecule has 0 saturated heterocycles. The van der Waals surface area contributed by atoms with Gasteiger partial charge in [-0.15, -0.1) is 0 Å². The normalized spacial score (nSPS) is 47.3. The fourth-order valence-electron chi connectivity index (χ4n) is 6.50. The van der Waals surface area contributed by atoms with Crippen LogP contribution in [0.4, 0.5) is 0 Å². The lowest BCUT2D eigenvalue weighted by molar-refractivity contribution is 0.0109. The monoisotopic (exact) mass is 348 g/mol. The van der Waals surface area contributed by atoms with E-state index in [1.807, 2.05) is 11.8 Å². The molecule has 0 radical (unpaired) electrons. The summed E-state index contributed by atoms with van der Waals surface area (Å²) in [5.74, 6) is 2.52. The molecule has 0 unspecified atom stereocenters. The standard InChI is InChI=1S/C21H32O2S/c1-20-9-8-18-16(17(20)5-6-19(20)23)4-3-14-13-15(22)7-10-21(14,18)11-12-24-2/h8,13,15-17,19,22-23H,3-7,9-12H2,1-2H3/t15-,16-,17-,19-,20-,21+/m0/s1. The molecular weight excluding hydrogens is 316 g/mol. The van der Waals surface area contributed by atoms with Gasteiger partial charge in [-0.3, -0.25) is 0 Å². The molecule has 0 aromatic rings. The van der Waals surface area contributed by atoms with Gasteiger partial charge in [-0.25, -0.2) is 0 Å². The minimum Gasteiger partial charge on any atom is -0.393 e. The Hall–Kier alpha value is -0.250. The number of rotatable bonds is 3. The Morgan fingerprint density at radius 1 is 1.21 bits per heavy atom. The predicted octanol–water partition coefficient (Wildman–Crippen LogP) is 4.32. The molecule has 2 N–H and O–H groups in total. The number of hydrogen-bond acceptors (Lipinski definition) is 3. The predicted molar refractivity (Wildman–Crippen MR) is 101 cm³/mol. The average Bonchev–Trinajstić information content (AvgIpc) is 2.88. The number of fused-ring (bicyclic) bond motifs is 5. The molecule has 0 amide bonds. The number of hydrogen-bond donors (Lipinski definition) is 2. The molecule has 0 heterocycles. The molecule has 4 aliphatic carbocycles. The van der Waals surface area contributed by atoms with Crippen LogP contribution in [-0.2, 0) is 0 Å². The van der Waals surface area contributed by atoms with Crippen LogP contribution in [0.15, 0.2) is 23.3 Å². The van der Waals surface area contributed by atoms with Crippen molar-refractivity contribution in [3.05, 3.63) is 23.3 Å². The second-order valence-corrected chi connectivity index (χ2v) is 9.82. The summed E-state index contributed by atoms with van der Waals surface area (Å²) in [6, 6.07) is 0. The maximum absolute atomic E-state index is 10.6. The van der Waals surface area contributed by atoms with Gasteiger partial charge in [0.15, 0.2) is 0 Å². The van der Waals surface area contributed by atoms with E-state index < -0.39 is 0 Å². The third-order valence-corrected chi connectivity index (χ3v) is 8.50. The SMILES string of the molecule is CSCC[C@]12CC[C@H](O)C=C1CC[C@@H]1C2=CC[C@]2(C)[C@@H](O)CC[C@@H]12. The molecule has 2 fully saturated rings. The lowest BCUT2D eigenvalue weighted by atomic mass is 9.50. The smallest absolute Gasteiger partial charge is 0.0724 e. The van der Waals surface area contributed by atoms with E-state index in [9.17, 15) is 10.2 Å². The zero-order valence-electron chi connectivity index (χ0n) is 15.1. The summed E-state index contributed by atoms with van der Waals surface area (Å²) in [6.07, 6.45) is 15.4. The van der Waals surface area contributed by atoms with E-state index >= 15 is 0 Å². The Balaban J connectivity index is 1.75. The van der Waals surface area contributed by atoms with Crippen molar-refractivity contribution >= 4 is 11.8 Å². The Morgan fingerprint density at radius 3 is 2.83 bits per heavy atom. The Labute approximate surface area is 150 Å². The molecule has 134 valence electrons. The van der Waals surface area contributed by atoms with Crippen LogP contribution in [0, 0.1) is 22.7 Å². The van der Waals surface area contributed by atoms with Crippen LogP contribution in [-0.4, -0.2) is 34.4 Å². The van der Waals surface area contributed by atoms with E-state index in [4.69, 9.17) is 0 Å². The van der Waals surface area contributed by atoms with Gasteiger partial charge in [0.1, 0.15) is 0 Å². The van der Waals surface area contributed by atoms with Gasteiger partial charge in [0.25, 0.3) is 0 Å². The Morgan fingerprint density at radius 2 is 2.04 bits per heavy atom. The van der Waals surface area contributed by atoms with Gasteiger partial charge >= 0.3 is 0 Å². The van der Waals surface area contributed by atoms with Gasteiger partial charge in [0, 0.05) is 10.8 Å². The van der Waals surface area contributed by atoms with Gasteiger partial charge in [0.2, 0.25) is 0 Å². The average molecular weight is 349 g/mol.